The molecule has 1 amide bonds. The van der Waals surface area contributed by atoms with Gasteiger partial charge in [0.1, 0.15) is 12.6 Å². The molecule has 1 rings (SSSR count). The maximum Gasteiger partial charge on any atom is 0.329 e. The van der Waals surface area contributed by atoms with Crippen molar-refractivity contribution in [2.24, 2.45) is 11.8 Å². The average Bonchev–Trinajstić information content (AvgIpc) is 2.93. The molecule has 122 valence electrons. The highest BCUT2D eigenvalue weighted by molar-refractivity contribution is 5.83. The molecule has 1 N–H and O–H groups in total. The summed E-state index contributed by atoms with van der Waals surface area (Å²) in [6.07, 6.45) is 5.19. The first-order valence-corrected chi connectivity index (χ1v) is 8.02. The van der Waals surface area contributed by atoms with Gasteiger partial charge in [0.2, 0.25) is 5.91 Å². The van der Waals surface area contributed by atoms with Gasteiger partial charge >= 0.3 is 5.97 Å². The van der Waals surface area contributed by atoms with E-state index in [0.29, 0.717) is 19.1 Å². The first-order chi connectivity index (χ1) is 10.0. The molecule has 0 radical (unpaired) electrons. The Morgan fingerprint density at radius 3 is 2.38 bits per heavy atom. The van der Waals surface area contributed by atoms with E-state index in [0.717, 1.165) is 32.1 Å². The predicted octanol–water partition coefficient (Wildman–Crippen LogP) is 2.29. The summed E-state index contributed by atoms with van der Waals surface area (Å²) in [7, 11) is 0. The lowest BCUT2D eigenvalue weighted by molar-refractivity contribution is -0.150. The molecule has 0 bridgehead atoms. The van der Waals surface area contributed by atoms with E-state index < -0.39 is 6.04 Å². The molecule has 1 saturated carbocycles. The zero-order valence-corrected chi connectivity index (χ0v) is 13.5. The first-order valence-electron chi connectivity index (χ1n) is 8.02. The van der Waals surface area contributed by atoms with Crippen LogP contribution in [0.3, 0.4) is 0 Å². The minimum Gasteiger partial charge on any atom is -0.462 e. The fourth-order valence-electron chi connectivity index (χ4n) is 2.59. The van der Waals surface area contributed by atoms with Crippen LogP contribution >= 0.6 is 0 Å². The van der Waals surface area contributed by atoms with E-state index >= 15 is 0 Å². The summed E-state index contributed by atoms with van der Waals surface area (Å²) < 4.78 is 10.7. The standard InChI is InChI=1S/C16H29NO4/c1-12(2)8-9-20-10-11-21-16(19)15(17-13(3)18)14-6-4-5-7-14/h12,14-15H,4-11H2,1-3H3,(H,17,18). The van der Waals surface area contributed by atoms with E-state index in [9.17, 15) is 9.59 Å². The van der Waals surface area contributed by atoms with Crippen molar-refractivity contribution in [3.05, 3.63) is 0 Å². The minimum atomic E-state index is -0.499. The van der Waals surface area contributed by atoms with E-state index in [1.54, 1.807) is 0 Å². The Hall–Kier alpha value is -1.10. The van der Waals surface area contributed by atoms with Crippen molar-refractivity contribution in [1.29, 1.82) is 0 Å². The number of rotatable bonds is 9. The zero-order chi connectivity index (χ0) is 15.7. The van der Waals surface area contributed by atoms with Crippen molar-refractivity contribution < 1.29 is 19.1 Å². The molecule has 1 aliphatic rings. The molecular weight excluding hydrogens is 270 g/mol. The van der Waals surface area contributed by atoms with Crippen LogP contribution in [0.2, 0.25) is 0 Å². The number of hydrogen-bond acceptors (Lipinski definition) is 4. The van der Waals surface area contributed by atoms with Crippen LogP contribution in [-0.2, 0) is 19.1 Å². The normalized spacial score (nSPS) is 17.0. The van der Waals surface area contributed by atoms with Crippen molar-refractivity contribution in [3.8, 4) is 0 Å². The molecule has 0 aromatic rings. The molecule has 0 aliphatic heterocycles. The quantitative estimate of drug-likeness (QED) is 0.524. The SMILES string of the molecule is CC(=O)NC(C(=O)OCCOCCC(C)C)C1CCCC1. The summed E-state index contributed by atoms with van der Waals surface area (Å²) in [6, 6.07) is -0.499. The number of carbonyl (C=O) groups is 2. The summed E-state index contributed by atoms with van der Waals surface area (Å²) in [4.78, 5) is 23.4. The summed E-state index contributed by atoms with van der Waals surface area (Å²) in [6.45, 7) is 7.07. The second kappa shape index (κ2) is 9.77. The van der Waals surface area contributed by atoms with Gasteiger partial charge in [0.05, 0.1) is 6.61 Å². The van der Waals surface area contributed by atoms with Gasteiger partial charge in [-0.05, 0) is 31.1 Å². The Morgan fingerprint density at radius 2 is 1.81 bits per heavy atom. The first kappa shape index (κ1) is 18.0. The van der Waals surface area contributed by atoms with Gasteiger partial charge in [0, 0.05) is 13.5 Å². The third kappa shape index (κ3) is 7.46. The Morgan fingerprint density at radius 1 is 1.14 bits per heavy atom. The molecule has 5 heteroatoms. The van der Waals surface area contributed by atoms with Crippen molar-refractivity contribution in [2.45, 2.75) is 58.9 Å². The average molecular weight is 299 g/mol. The molecule has 1 aliphatic carbocycles. The number of nitrogens with one attached hydrogen (secondary N) is 1. The van der Waals surface area contributed by atoms with E-state index in [1.165, 1.54) is 6.92 Å². The highest BCUT2D eigenvalue weighted by Gasteiger charge is 2.32. The van der Waals surface area contributed by atoms with Crippen LogP contribution in [0.4, 0.5) is 0 Å². The van der Waals surface area contributed by atoms with Crippen molar-refractivity contribution in [3.63, 3.8) is 0 Å². The number of esters is 1. The Bertz CT molecular complexity index is 324. The lowest BCUT2D eigenvalue weighted by atomic mass is 9.98. The second-order valence-electron chi connectivity index (χ2n) is 6.19. The van der Waals surface area contributed by atoms with Gasteiger partial charge in [-0.15, -0.1) is 0 Å². The van der Waals surface area contributed by atoms with Gasteiger partial charge in [0.25, 0.3) is 0 Å². The number of amides is 1. The smallest absolute Gasteiger partial charge is 0.329 e. The van der Waals surface area contributed by atoms with Crippen molar-refractivity contribution >= 4 is 11.9 Å². The van der Waals surface area contributed by atoms with E-state index in [1.807, 2.05) is 0 Å². The number of ether oxygens (including phenoxy) is 2. The molecule has 1 atom stereocenters. The van der Waals surface area contributed by atoms with Gasteiger partial charge < -0.3 is 14.8 Å². The van der Waals surface area contributed by atoms with Gasteiger partial charge in [-0.1, -0.05) is 26.7 Å². The molecule has 0 aromatic carbocycles. The molecule has 0 saturated heterocycles. The number of hydrogen-bond donors (Lipinski definition) is 1. The monoisotopic (exact) mass is 299 g/mol. The van der Waals surface area contributed by atoms with E-state index in [2.05, 4.69) is 19.2 Å². The molecule has 21 heavy (non-hydrogen) atoms. The summed E-state index contributed by atoms with van der Waals surface area (Å²) >= 11 is 0. The molecule has 0 spiro atoms. The maximum atomic E-state index is 12.1. The Balaban J connectivity index is 2.26. The second-order valence-corrected chi connectivity index (χ2v) is 6.19. The van der Waals surface area contributed by atoms with Crippen molar-refractivity contribution in [1.82, 2.24) is 5.32 Å². The fourth-order valence-corrected chi connectivity index (χ4v) is 2.59. The van der Waals surface area contributed by atoms with E-state index in [4.69, 9.17) is 9.47 Å². The third-order valence-electron chi connectivity index (χ3n) is 3.80. The summed E-state index contributed by atoms with van der Waals surface area (Å²) in [5.74, 6) is 0.309. The molecule has 1 unspecified atom stereocenters. The summed E-state index contributed by atoms with van der Waals surface area (Å²) in [5, 5.41) is 2.73. The number of carbonyl (C=O) groups excluding carboxylic acids is 2. The summed E-state index contributed by atoms with van der Waals surface area (Å²) in [5.41, 5.74) is 0. The van der Waals surface area contributed by atoms with Crippen molar-refractivity contribution in [2.75, 3.05) is 19.8 Å². The molecule has 0 aromatic heterocycles. The van der Waals surface area contributed by atoms with Crippen LogP contribution in [0.1, 0.15) is 52.9 Å². The fraction of sp³-hybridized carbons (Fsp3) is 0.875. The van der Waals surface area contributed by atoms with Crippen LogP contribution in [0.25, 0.3) is 0 Å². The zero-order valence-electron chi connectivity index (χ0n) is 13.5. The predicted molar refractivity (Wildman–Crippen MR) is 80.8 cm³/mol. The van der Waals surface area contributed by atoms with Gasteiger partial charge in [-0.25, -0.2) is 4.79 Å². The third-order valence-corrected chi connectivity index (χ3v) is 3.80. The van der Waals surface area contributed by atoms with Gasteiger partial charge in [-0.2, -0.15) is 0 Å². The van der Waals surface area contributed by atoms with Gasteiger partial charge in [-0.3, -0.25) is 4.79 Å². The van der Waals surface area contributed by atoms with E-state index in [-0.39, 0.29) is 24.4 Å². The maximum absolute atomic E-state index is 12.1. The van der Waals surface area contributed by atoms with Crippen LogP contribution in [0.15, 0.2) is 0 Å². The lowest BCUT2D eigenvalue weighted by Gasteiger charge is -2.22. The van der Waals surface area contributed by atoms with Crippen LogP contribution < -0.4 is 5.32 Å². The lowest BCUT2D eigenvalue weighted by Crippen LogP contribution is -2.45. The Kier molecular flexibility index (Phi) is 8.35. The van der Waals surface area contributed by atoms with Crippen LogP contribution in [0, 0.1) is 11.8 Å². The van der Waals surface area contributed by atoms with Crippen LogP contribution in [-0.4, -0.2) is 37.7 Å². The minimum absolute atomic E-state index is 0.183. The van der Waals surface area contributed by atoms with Crippen LogP contribution in [0.5, 0.6) is 0 Å². The molecule has 1 fully saturated rings. The highest BCUT2D eigenvalue weighted by Crippen LogP contribution is 2.28. The topological polar surface area (TPSA) is 64.6 Å². The van der Waals surface area contributed by atoms with Gasteiger partial charge in [0.15, 0.2) is 0 Å². The highest BCUT2D eigenvalue weighted by atomic mass is 16.6. The molecular formula is C16H29NO4. The molecule has 5 nitrogen and oxygen atoms in total. The largest absolute Gasteiger partial charge is 0.462 e. The molecule has 0 heterocycles. The Labute approximate surface area is 127 Å².